The van der Waals surface area contributed by atoms with Crippen molar-refractivity contribution in [2.24, 2.45) is 5.10 Å². The number of hydrazone groups is 1. The summed E-state index contributed by atoms with van der Waals surface area (Å²) >= 11 is 0. The fraction of sp³-hybridized carbons (Fsp3) is 0. The highest BCUT2D eigenvalue weighted by Gasteiger charge is 1.85. The minimum atomic E-state index is 0.990. The van der Waals surface area contributed by atoms with Gasteiger partial charge in [-0.2, -0.15) is 5.10 Å². The molecule has 15 heavy (non-hydrogen) atoms. The van der Waals surface area contributed by atoms with Gasteiger partial charge in [-0.3, -0.25) is 5.43 Å². The van der Waals surface area contributed by atoms with Gasteiger partial charge >= 0.3 is 0 Å². The van der Waals surface area contributed by atoms with Gasteiger partial charge in [0.25, 0.3) is 0 Å². The Hall–Kier alpha value is -2.09. The van der Waals surface area contributed by atoms with Crippen LogP contribution in [-0.4, -0.2) is 6.21 Å². The van der Waals surface area contributed by atoms with Gasteiger partial charge in [-0.05, 0) is 17.7 Å². The van der Waals surface area contributed by atoms with E-state index in [0.29, 0.717) is 0 Å². The Morgan fingerprint density at radius 3 is 2.07 bits per heavy atom. The molecule has 74 valence electrons. The van der Waals surface area contributed by atoms with Gasteiger partial charge in [0.1, 0.15) is 0 Å². The number of rotatable bonds is 3. The lowest BCUT2D eigenvalue weighted by atomic mass is 10.2. The van der Waals surface area contributed by atoms with Crippen molar-refractivity contribution >= 4 is 11.9 Å². The van der Waals surface area contributed by atoms with E-state index >= 15 is 0 Å². The van der Waals surface area contributed by atoms with Gasteiger partial charge in [-0.15, -0.1) is 0 Å². The highest BCUT2D eigenvalue weighted by molar-refractivity contribution is 5.79. The second kappa shape index (κ2) is 4.96. The van der Waals surface area contributed by atoms with Crippen molar-refractivity contribution < 1.29 is 0 Å². The highest BCUT2D eigenvalue weighted by atomic mass is 15.3. The summed E-state index contributed by atoms with van der Waals surface area (Å²) in [5, 5.41) is 4.14. The maximum atomic E-state index is 4.14. The van der Waals surface area contributed by atoms with Crippen molar-refractivity contribution in [2.45, 2.75) is 0 Å². The Labute approximate surface area is 89.3 Å². The molecule has 0 radical (unpaired) electrons. The van der Waals surface area contributed by atoms with Gasteiger partial charge < -0.3 is 0 Å². The third kappa shape index (κ3) is 2.95. The van der Waals surface area contributed by atoms with Crippen LogP contribution in [0.4, 0.5) is 5.69 Å². The molecule has 2 aromatic rings. The van der Waals surface area contributed by atoms with E-state index in [-0.39, 0.29) is 0 Å². The van der Waals surface area contributed by atoms with Crippen LogP contribution in [0, 0.1) is 0 Å². The van der Waals surface area contributed by atoms with Crippen LogP contribution >= 0.6 is 0 Å². The standard InChI is InChI=1S/C13H12N2/c1-3-7-12(8-4-1)11-14-15-13-9-5-2-6-10-13/h1-11,15H/b14-11+. The minimum Gasteiger partial charge on any atom is -0.279 e. The number of nitrogens with one attached hydrogen (secondary N) is 1. The van der Waals surface area contributed by atoms with Crippen LogP contribution in [0.5, 0.6) is 0 Å². The Morgan fingerprint density at radius 1 is 0.800 bits per heavy atom. The summed E-state index contributed by atoms with van der Waals surface area (Å²) in [6, 6.07) is 19.9. The Bertz CT molecular complexity index is 421. The maximum absolute atomic E-state index is 4.14. The molecule has 0 fully saturated rings. The molecule has 0 aromatic heterocycles. The first kappa shape index (κ1) is 9.46. The Balaban J connectivity index is 1.97. The van der Waals surface area contributed by atoms with Crippen molar-refractivity contribution in [3.05, 3.63) is 66.2 Å². The zero-order valence-corrected chi connectivity index (χ0v) is 8.30. The molecule has 0 heterocycles. The van der Waals surface area contributed by atoms with Crippen LogP contribution in [0.1, 0.15) is 5.56 Å². The lowest BCUT2D eigenvalue weighted by Gasteiger charge is -1.97. The highest BCUT2D eigenvalue weighted by Crippen LogP contribution is 2.04. The summed E-state index contributed by atoms with van der Waals surface area (Å²) in [5.74, 6) is 0. The van der Waals surface area contributed by atoms with E-state index in [1.54, 1.807) is 6.21 Å². The average molecular weight is 196 g/mol. The van der Waals surface area contributed by atoms with E-state index in [1.165, 1.54) is 0 Å². The zero-order chi connectivity index (χ0) is 10.3. The van der Waals surface area contributed by atoms with E-state index < -0.39 is 0 Å². The number of hydrogen-bond donors (Lipinski definition) is 1. The number of nitrogens with zero attached hydrogens (tertiary/aromatic N) is 1. The molecule has 1 N–H and O–H groups in total. The predicted molar refractivity (Wildman–Crippen MR) is 64.1 cm³/mol. The van der Waals surface area contributed by atoms with Crippen molar-refractivity contribution in [3.63, 3.8) is 0 Å². The number of para-hydroxylation sites is 1. The van der Waals surface area contributed by atoms with Crippen LogP contribution in [-0.2, 0) is 0 Å². The fourth-order valence-electron chi connectivity index (χ4n) is 1.23. The molecule has 0 bridgehead atoms. The van der Waals surface area contributed by atoms with Crippen LogP contribution in [0.2, 0.25) is 0 Å². The quantitative estimate of drug-likeness (QED) is 0.592. The largest absolute Gasteiger partial charge is 0.279 e. The van der Waals surface area contributed by atoms with Crippen LogP contribution in [0.25, 0.3) is 0 Å². The van der Waals surface area contributed by atoms with Crippen molar-refractivity contribution in [1.29, 1.82) is 0 Å². The summed E-state index contributed by atoms with van der Waals surface area (Å²) in [4.78, 5) is 0. The SMILES string of the molecule is C(=N\Nc1ccccc1)/c1ccccc1. The molecule has 0 aliphatic rings. The first-order chi connectivity index (χ1) is 7.45. The molecule has 0 amide bonds. The molecule has 2 aromatic carbocycles. The molecular weight excluding hydrogens is 184 g/mol. The van der Waals surface area contributed by atoms with Gasteiger partial charge in [0, 0.05) is 0 Å². The van der Waals surface area contributed by atoms with Crippen molar-refractivity contribution in [3.8, 4) is 0 Å². The second-order valence-electron chi connectivity index (χ2n) is 3.15. The van der Waals surface area contributed by atoms with Crippen LogP contribution in [0.3, 0.4) is 0 Å². The van der Waals surface area contributed by atoms with E-state index in [2.05, 4.69) is 10.5 Å². The molecule has 0 spiro atoms. The molecule has 0 aliphatic carbocycles. The molecule has 0 saturated heterocycles. The molecular formula is C13H12N2. The van der Waals surface area contributed by atoms with Crippen LogP contribution < -0.4 is 5.43 Å². The number of hydrogen-bond acceptors (Lipinski definition) is 2. The van der Waals surface area contributed by atoms with Crippen molar-refractivity contribution in [1.82, 2.24) is 0 Å². The summed E-state index contributed by atoms with van der Waals surface area (Å²) in [7, 11) is 0. The lowest BCUT2D eigenvalue weighted by molar-refractivity contribution is 1.35. The Morgan fingerprint density at radius 2 is 1.40 bits per heavy atom. The van der Waals surface area contributed by atoms with Gasteiger partial charge in [-0.25, -0.2) is 0 Å². The summed E-state index contributed by atoms with van der Waals surface area (Å²) in [6.07, 6.45) is 1.80. The molecule has 0 unspecified atom stereocenters. The monoisotopic (exact) mass is 196 g/mol. The van der Waals surface area contributed by atoms with Gasteiger partial charge in [0.2, 0.25) is 0 Å². The summed E-state index contributed by atoms with van der Waals surface area (Å²) < 4.78 is 0. The predicted octanol–water partition coefficient (Wildman–Crippen LogP) is 3.13. The van der Waals surface area contributed by atoms with Gasteiger partial charge in [0.05, 0.1) is 11.9 Å². The number of anilines is 1. The third-order valence-corrected chi connectivity index (χ3v) is 1.98. The first-order valence-corrected chi connectivity index (χ1v) is 4.84. The van der Waals surface area contributed by atoms with Crippen molar-refractivity contribution in [2.75, 3.05) is 5.43 Å². The van der Waals surface area contributed by atoms with E-state index in [4.69, 9.17) is 0 Å². The summed E-state index contributed by atoms with van der Waals surface area (Å²) in [5.41, 5.74) is 5.04. The molecule has 0 aliphatic heterocycles. The number of benzene rings is 2. The molecule has 0 atom stereocenters. The lowest BCUT2D eigenvalue weighted by Crippen LogP contribution is -1.89. The maximum Gasteiger partial charge on any atom is 0.0561 e. The third-order valence-electron chi connectivity index (χ3n) is 1.98. The van der Waals surface area contributed by atoms with Gasteiger partial charge in [0.15, 0.2) is 0 Å². The smallest absolute Gasteiger partial charge is 0.0561 e. The normalized spacial score (nSPS) is 10.4. The minimum absolute atomic E-state index is 0.990. The first-order valence-electron chi connectivity index (χ1n) is 4.84. The topological polar surface area (TPSA) is 24.4 Å². The van der Waals surface area contributed by atoms with E-state index in [9.17, 15) is 0 Å². The van der Waals surface area contributed by atoms with E-state index in [1.807, 2.05) is 60.7 Å². The average Bonchev–Trinajstić information content (AvgIpc) is 2.32. The second-order valence-corrected chi connectivity index (χ2v) is 3.15. The molecule has 2 nitrogen and oxygen atoms in total. The van der Waals surface area contributed by atoms with Crippen LogP contribution in [0.15, 0.2) is 65.8 Å². The molecule has 2 heteroatoms. The van der Waals surface area contributed by atoms with Gasteiger partial charge in [-0.1, -0.05) is 48.5 Å². The Kier molecular flexibility index (Phi) is 3.13. The fourth-order valence-corrected chi connectivity index (χ4v) is 1.23. The van der Waals surface area contributed by atoms with E-state index in [0.717, 1.165) is 11.3 Å². The summed E-state index contributed by atoms with van der Waals surface area (Å²) in [6.45, 7) is 0. The molecule has 0 saturated carbocycles. The molecule has 2 rings (SSSR count). The zero-order valence-electron chi connectivity index (χ0n) is 8.30.